The molecule has 0 bridgehead atoms. The third-order valence-corrected chi connectivity index (χ3v) is 1.59. The maximum atomic E-state index is 10.8. The summed E-state index contributed by atoms with van der Waals surface area (Å²) in [7, 11) is 0. The van der Waals surface area contributed by atoms with Crippen LogP contribution in [0.15, 0.2) is 12.3 Å². The first-order chi connectivity index (χ1) is 5.11. The van der Waals surface area contributed by atoms with Gasteiger partial charge >= 0.3 is 0 Å². The van der Waals surface area contributed by atoms with E-state index in [1.54, 1.807) is 0 Å². The summed E-state index contributed by atoms with van der Waals surface area (Å²) in [6.07, 6.45) is 1.40. The molecule has 58 valence electrons. The molecule has 0 saturated heterocycles. The first kappa shape index (κ1) is 8.01. The van der Waals surface area contributed by atoms with Crippen molar-refractivity contribution in [2.75, 3.05) is 5.73 Å². The van der Waals surface area contributed by atoms with Gasteiger partial charge in [-0.3, -0.25) is 4.79 Å². The summed E-state index contributed by atoms with van der Waals surface area (Å²) in [4.78, 5) is 14.5. The maximum absolute atomic E-state index is 10.8. The summed E-state index contributed by atoms with van der Waals surface area (Å²) in [6.45, 7) is 1.45. The van der Waals surface area contributed by atoms with Gasteiger partial charge in [0.2, 0.25) is 0 Å². The third kappa shape index (κ3) is 1.68. The van der Waals surface area contributed by atoms with Crippen molar-refractivity contribution in [1.82, 2.24) is 4.98 Å². The van der Waals surface area contributed by atoms with Crippen molar-refractivity contribution >= 4 is 23.1 Å². The van der Waals surface area contributed by atoms with E-state index in [0.29, 0.717) is 11.3 Å². The summed E-state index contributed by atoms with van der Waals surface area (Å²) in [5.74, 6) is -0.0686. The molecule has 0 amide bonds. The number of nitrogens with zero attached hydrogens (tertiary/aromatic N) is 1. The van der Waals surface area contributed by atoms with Gasteiger partial charge in [-0.05, 0) is 13.0 Å². The Labute approximate surface area is 69.2 Å². The van der Waals surface area contributed by atoms with E-state index in [2.05, 4.69) is 4.98 Å². The second kappa shape index (κ2) is 2.88. The number of carbonyl (C=O) groups is 1. The molecule has 0 aliphatic rings. The van der Waals surface area contributed by atoms with Gasteiger partial charge in [-0.25, -0.2) is 4.98 Å². The topological polar surface area (TPSA) is 56.0 Å². The van der Waals surface area contributed by atoms with Crippen LogP contribution in [0.2, 0.25) is 5.15 Å². The van der Waals surface area contributed by atoms with Crippen molar-refractivity contribution in [3.63, 3.8) is 0 Å². The molecule has 0 spiro atoms. The zero-order chi connectivity index (χ0) is 8.43. The fraction of sp³-hybridized carbons (Fsp3) is 0.143. The highest BCUT2D eigenvalue weighted by Crippen LogP contribution is 2.15. The minimum absolute atomic E-state index is 0.0686. The number of anilines is 1. The van der Waals surface area contributed by atoms with Gasteiger partial charge in [-0.2, -0.15) is 0 Å². The van der Waals surface area contributed by atoms with Gasteiger partial charge in [0, 0.05) is 11.8 Å². The Morgan fingerprint density at radius 1 is 1.73 bits per heavy atom. The molecule has 3 nitrogen and oxygen atoms in total. The first-order valence-electron chi connectivity index (χ1n) is 3.03. The van der Waals surface area contributed by atoms with E-state index in [0.717, 1.165) is 0 Å². The number of halogens is 1. The van der Waals surface area contributed by atoms with Gasteiger partial charge < -0.3 is 5.73 Å². The lowest BCUT2D eigenvalue weighted by Gasteiger charge is -1.97. The zero-order valence-electron chi connectivity index (χ0n) is 5.97. The van der Waals surface area contributed by atoms with Crippen molar-refractivity contribution in [2.24, 2.45) is 0 Å². The lowest BCUT2D eigenvalue weighted by atomic mass is 10.2. The zero-order valence-corrected chi connectivity index (χ0v) is 6.72. The number of Topliss-reactive ketones (excluding diaryl/α,β-unsaturated/α-hetero) is 1. The molecule has 0 aliphatic carbocycles. The second-order valence-corrected chi connectivity index (χ2v) is 2.52. The highest BCUT2D eigenvalue weighted by molar-refractivity contribution is 6.31. The fourth-order valence-corrected chi connectivity index (χ4v) is 0.761. The molecule has 1 aromatic heterocycles. The van der Waals surface area contributed by atoms with Crippen LogP contribution in [0.4, 0.5) is 5.69 Å². The average molecular weight is 171 g/mol. The largest absolute Gasteiger partial charge is 0.396 e. The third-order valence-electron chi connectivity index (χ3n) is 1.27. The molecule has 0 atom stereocenters. The van der Waals surface area contributed by atoms with Crippen LogP contribution in [-0.4, -0.2) is 10.8 Å². The SMILES string of the molecule is CC(=O)c1cnc(Cl)c(N)c1. The molecule has 0 fully saturated rings. The Morgan fingerprint density at radius 2 is 2.36 bits per heavy atom. The number of pyridine rings is 1. The molecule has 0 aliphatic heterocycles. The molecule has 1 rings (SSSR count). The number of hydrogen-bond acceptors (Lipinski definition) is 3. The van der Waals surface area contributed by atoms with E-state index in [1.807, 2.05) is 0 Å². The van der Waals surface area contributed by atoms with Crippen molar-refractivity contribution in [2.45, 2.75) is 6.92 Å². The molecule has 1 aromatic rings. The lowest BCUT2D eigenvalue weighted by Crippen LogP contribution is -1.96. The maximum Gasteiger partial charge on any atom is 0.161 e. The summed E-state index contributed by atoms with van der Waals surface area (Å²) in [5.41, 5.74) is 6.22. The Kier molecular flexibility index (Phi) is 2.10. The molecular weight excluding hydrogens is 164 g/mol. The van der Waals surface area contributed by atoms with E-state index in [-0.39, 0.29) is 10.9 Å². The normalized spacial score (nSPS) is 9.64. The van der Waals surface area contributed by atoms with Gasteiger partial charge in [-0.15, -0.1) is 0 Å². The average Bonchev–Trinajstić information content (AvgIpc) is 1.94. The fourth-order valence-electron chi connectivity index (χ4n) is 0.658. The van der Waals surface area contributed by atoms with Crippen LogP contribution in [0.3, 0.4) is 0 Å². The molecule has 11 heavy (non-hydrogen) atoms. The Morgan fingerprint density at radius 3 is 2.82 bits per heavy atom. The molecule has 0 radical (unpaired) electrons. The van der Waals surface area contributed by atoms with Crippen molar-refractivity contribution in [3.05, 3.63) is 23.0 Å². The van der Waals surface area contributed by atoms with Gasteiger partial charge in [-0.1, -0.05) is 11.6 Å². The Bertz CT molecular complexity index is 298. The number of hydrogen-bond donors (Lipinski definition) is 1. The molecule has 4 heteroatoms. The Balaban J connectivity index is 3.15. The summed E-state index contributed by atoms with van der Waals surface area (Å²) >= 11 is 5.54. The summed E-state index contributed by atoms with van der Waals surface area (Å²) in [6, 6.07) is 1.51. The van der Waals surface area contributed by atoms with Gasteiger partial charge in [0.25, 0.3) is 0 Å². The number of nitrogen functional groups attached to an aromatic ring is 1. The lowest BCUT2D eigenvalue weighted by molar-refractivity contribution is 0.101. The number of carbonyl (C=O) groups excluding carboxylic acids is 1. The predicted molar refractivity (Wildman–Crippen MR) is 43.7 cm³/mol. The van der Waals surface area contributed by atoms with E-state index in [1.165, 1.54) is 19.2 Å². The number of ketones is 1. The number of rotatable bonds is 1. The van der Waals surface area contributed by atoms with Gasteiger partial charge in [0.15, 0.2) is 10.9 Å². The van der Waals surface area contributed by atoms with Crippen LogP contribution in [0, 0.1) is 0 Å². The standard InChI is InChI=1S/C7H7ClN2O/c1-4(11)5-2-6(9)7(8)10-3-5/h2-3H,9H2,1H3. The van der Waals surface area contributed by atoms with Gasteiger partial charge in [0.1, 0.15) is 0 Å². The van der Waals surface area contributed by atoms with Crippen LogP contribution < -0.4 is 5.73 Å². The van der Waals surface area contributed by atoms with Crippen LogP contribution in [0.5, 0.6) is 0 Å². The molecule has 1 heterocycles. The molecule has 0 saturated carbocycles. The molecule has 2 N–H and O–H groups in total. The van der Waals surface area contributed by atoms with Crippen molar-refractivity contribution in [1.29, 1.82) is 0 Å². The molecule has 0 aromatic carbocycles. The smallest absolute Gasteiger partial charge is 0.161 e. The Hall–Kier alpha value is -1.09. The predicted octanol–water partition coefficient (Wildman–Crippen LogP) is 1.52. The molecule has 0 unspecified atom stereocenters. The van der Waals surface area contributed by atoms with Crippen LogP contribution in [0.1, 0.15) is 17.3 Å². The highest BCUT2D eigenvalue weighted by atomic mass is 35.5. The van der Waals surface area contributed by atoms with E-state index in [9.17, 15) is 4.79 Å². The van der Waals surface area contributed by atoms with E-state index >= 15 is 0 Å². The quantitative estimate of drug-likeness (QED) is 0.514. The minimum atomic E-state index is -0.0686. The highest BCUT2D eigenvalue weighted by Gasteiger charge is 2.02. The number of nitrogens with two attached hydrogens (primary N) is 1. The van der Waals surface area contributed by atoms with Crippen molar-refractivity contribution < 1.29 is 4.79 Å². The van der Waals surface area contributed by atoms with Crippen molar-refractivity contribution in [3.8, 4) is 0 Å². The second-order valence-electron chi connectivity index (χ2n) is 2.16. The van der Waals surface area contributed by atoms with Crippen LogP contribution in [-0.2, 0) is 0 Å². The van der Waals surface area contributed by atoms with Crippen LogP contribution >= 0.6 is 11.6 Å². The van der Waals surface area contributed by atoms with E-state index < -0.39 is 0 Å². The monoisotopic (exact) mass is 170 g/mol. The summed E-state index contributed by atoms with van der Waals surface area (Å²) < 4.78 is 0. The van der Waals surface area contributed by atoms with E-state index in [4.69, 9.17) is 17.3 Å². The minimum Gasteiger partial charge on any atom is -0.396 e. The number of aromatic nitrogens is 1. The van der Waals surface area contributed by atoms with Crippen LogP contribution in [0.25, 0.3) is 0 Å². The first-order valence-corrected chi connectivity index (χ1v) is 3.41. The molecular formula is C7H7ClN2O. The summed E-state index contributed by atoms with van der Waals surface area (Å²) in [5, 5.41) is 0.231. The van der Waals surface area contributed by atoms with Gasteiger partial charge in [0.05, 0.1) is 5.69 Å².